The molecule has 1 amide bonds. The monoisotopic (exact) mass is 241 g/mol. The van der Waals surface area contributed by atoms with E-state index in [-0.39, 0.29) is 11.4 Å². The van der Waals surface area contributed by atoms with Gasteiger partial charge in [-0.15, -0.1) is 0 Å². The molecule has 0 aromatic heterocycles. The first kappa shape index (κ1) is 14.5. The number of carbonyl (C=O) groups excluding carboxylic acids is 1. The summed E-state index contributed by atoms with van der Waals surface area (Å²) in [6, 6.07) is 0.599. The predicted molar refractivity (Wildman–Crippen MR) is 71.0 cm³/mol. The number of rotatable bonds is 6. The maximum Gasteiger partial charge on any atom is 0.234 e. The van der Waals surface area contributed by atoms with Gasteiger partial charge in [-0.25, -0.2) is 0 Å². The van der Waals surface area contributed by atoms with Gasteiger partial charge in [0.05, 0.1) is 6.54 Å². The lowest BCUT2D eigenvalue weighted by atomic mass is 10.0. The number of carbonyl (C=O) groups is 1. The van der Waals surface area contributed by atoms with Crippen molar-refractivity contribution in [2.75, 3.05) is 26.7 Å². The molecule has 2 N–H and O–H groups in total. The normalized spacial score (nSPS) is 21.8. The van der Waals surface area contributed by atoms with Crippen LogP contribution in [0.5, 0.6) is 0 Å². The van der Waals surface area contributed by atoms with E-state index in [0.717, 1.165) is 13.0 Å². The molecule has 1 saturated heterocycles. The molecular weight excluding hydrogens is 214 g/mol. The molecule has 1 unspecified atom stereocenters. The smallest absolute Gasteiger partial charge is 0.234 e. The minimum absolute atomic E-state index is 0.0943. The Morgan fingerprint density at radius 3 is 2.71 bits per heavy atom. The van der Waals surface area contributed by atoms with Gasteiger partial charge in [-0.05, 0) is 46.7 Å². The number of hydrogen-bond acceptors (Lipinski definition) is 3. The highest BCUT2D eigenvalue weighted by atomic mass is 16.2. The van der Waals surface area contributed by atoms with Crippen molar-refractivity contribution in [3.63, 3.8) is 0 Å². The van der Waals surface area contributed by atoms with E-state index in [0.29, 0.717) is 12.6 Å². The second-order valence-electron chi connectivity index (χ2n) is 5.69. The minimum atomic E-state index is -0.0943. The Balaban J connectivity index is 2.16. The zero-order valence-electron chi connectivity index (χ0n) is 11.7. The van der Waals surface area contributed by atoms with Crippen molar-refractivity contribution in [2.24, 2.45) is 0 Å². The molecule has 0 bridgehead atoms. The largest absolute Gasteiger partial charge is 0.350 e. The predicted octanol–water partition coefficient (Wildman–Crippen LogP) is 0.975. The van der Waals surface area contributed by atoms with Crippen molar-refractivity contribution in [3.8, 4) is 0 Å². The van der Waals surface area contributed by atoms with E-state index in [1.54, 1.807) is 0 Å². The van der Waals surface area contributed by atoms with Crippen molar-refractivity contribution in [1.82, 2.24) is 15.5 Å². The van der Waals surface area contributed by atoms with Gasteiger partial charge in [-0.1, -0.05) is 6.92 Å². The van der Waals surface area contributed by atoms with Gasteiger partial charge in [0.15, 0.2) is 0 Å². The van der Waals surface area contributed by atoms with Crippen molar-refractivity contribution in [3.05, 3.63) is 0 Å². The molecule has 17 heavy (non-hydrogen) atoms. The van der Waals surface area contributed by atoms with E-state index in [2.05, 4.69) is 43.4 Å². The molecule has 1 fully saturated rings. The maximum atomic E-state index is 11.7. The van der Waals surface area contributed by atoms with Crippen molar-refractivity contribution in [1.29, 1.82) is 0 Å². The zero-order chi connectivity index (χ0) is 12.9. The molecule has 1 atom stereocenters. The first-order valence-electron chi connectivity index (χ1n) is 6.66. The fourth-order valence-corrected chi connectivity index (χ4v) is 2.10. The first-order valence-corrected chi connectivity index (χ1v) is 6.66. The summed E-state index contributed by atoms with van der Waals surface area (Å²) in [5, 5.41) is 6.28. The second-order valence-corrected chi connectivity index (χ2v) is 5.69. The van der Waals surface area contributed by atoms with E-state index in [1.807, 2.05) is 0 Å². The zero-order valence-corrected chi connectivity index (χ0v) is 11.7. The molecule has 1 heterocycles. The summed E-state index contributed by atoms with van der Waals surface area (Å²) in [6.45, 7) is 8.71. The van der Waals surface area contributed by atoms with Crippen LogP contribution >= 0.6 is 0 Å². The molecule has 4 heteroatoms. The summed E-state index contributed by atoms with van der Waals surface area (Å²) in [5.41, 5.74) is -0.0943. The standard InChI is InChI=1S/C13H27N3O/c1-5-13(2,3)15-12(17)10-14-9-11-7-6-8-16(11)4/h11,14H,5-10H2,1-4H3,(H,15,17). The minimum Gasteiger partial charge on any atom is -0.350 e. The van der Waals surface area contributed by atoms with Gasteiger partial charge in [0, 0.05) is 18.1 Å². The number of amides is 1. The highest BCUT2D eigenvalue weighted by Gasteiger charge is 2.21. The SMILES string of the molecule is CCC(C)(C)NC(=O)CNCC1CCCN1C. The summed E-state index contributed by atoms with van der Waals surface area (Å²) in [5.74, 6) is 0.0949. The number of likely N-dealkylation sites (tertiary alicyclic amines) is 1. The molecule has 100 valence electrons. The molecule has 0 spiro atoms. The Bertz CT molecular complexity index is 253. The topological polar surface area (TPSA) is 44.4 Å². The van der Waals surface area contributed by atoms with Gasteiger partial charge in [0.2, 0.25) is 5.91 Å². The average molecular weight is 241 g/mol. The van der Waals surface area contributed by atoms with Crippen LogP contribution in [0.1, 0.15) is 40.0 Å². The quantitative estimate of drug-likeness (QED) is 0.728. The molecule has 0 radical (unpaired) electrons. The fraction of sp³-hybridized carbons (Fsp3) is 0.923. The molecule has 1 rings (SSSR count). The van der Waals surface area contributed by atoms with Crippen LogP contribution in [0.4, 0.5) is 0 Å². The van der Waals surface area contributed by atoms with E-state index in [4.69, 9.17) is 0 Å². The summed E-state index contributed by atoms with van der Waals surface area (Å²) in [6.07, 6.45) is 3.47. The van der Waals surface area contributed by atoms with Gasteiger partial charge in [0.25, 0.3) is 0 Å². The highest BCUT2D eigenvalue weighted by Crippen LogP contribution is 2.13. The third kappa shape index (κ3) is 5.04. The van der Waals surface area contributed by atoms with Crippen LogP contribution in [0.2, 0.25) is 0 Å². The second kappa shape index (κ2) is 6.36. The molecule has 0 aromatic rings. The Kier molecular flexibility index (Phi) is 5.40. The summed E-state index contributed by atoms with van der Waals surface area (Å²) < 4.78 is 0. The molecule has 1 aliphatic rings. The van der Waals surface area contributed by atoms with Crippen molar-refractivity contribution >= 4 is 5.91 Å². The van der Waals surface area contributed by atoms with Gasteiger partial charge >= 0.3 is 0 Å². The summed E-state index contributed by atoms with van der Waals surface area (Å²) in [7, 11) is 2.15. The van der Waals surface area contributed by atoms with E-state index >= 15 is 0 Å². The van der Waals surface area contributed by atoms with Gasteiger partial charge in [0.1, 0.15) is 0 Å². The fourth-order valence-electron chi connectivity index (χ4n) is 2.10. The van der Waals surface area contributed by atoms with Crippen LogP contribution in [0.3, 0.4) is 0 Å². The van der Waals surface area contributed by atoms with E-state index in [1.165, 1.54) is 19.4 Å². The van der Waals surface area contributed by atoms with Gasteiger partial charge in [-0.3, -0.25) is 4.79 Å². The van der Waals surface area contributed by atoms with E-state index < -0.39 is 0 Å². The lowest BCUT2D eigenvalue weighted by molar-refractivity contribution is -0.121. The third-order valence-electron chi connectivity index (χ3n) is 3.70. The van der Waals surface area contributed by atoms with Crippen LogP contribution in [-0.4, -0.2) is 49.1 Å². The number of hydrogen-bond donors (Lipinski definition) is 2. The summed E-state index contributed by atoms with van der Waals surface area (Å²) >= 11 is 0. The van der Waals surface area contributed by atoms with Crippen LogP contribution in [0.15, 0.2) is 0 Å². The average Bonchev–Trinajstić information content (AvgIpc) is 2.64. The van der Waals surface area contributed by atoms with Crippen LogP contribution in [0, 0.1) is 0 Å². The van der Waals surface area contributed by atoms with Crippen molar-refractivity contribution < 1.29 is 4.79 Å². The summed E-state index contributed by atoms with van der Waals surface area (Å²) in [4.78, 5) is 14.0. The van der Waals surface area contributed by atoms with Crippen LogP contribution in [0.25, 0.3) is 0 Å². The molecule has 0 aromatic carbocycles. The Morgan fingerprint density at radius 2 is 2.18 bits per heavy atom. The molecule has 4 nitrogen and oxygen atoms in total. The first-order chi connectivity index (χ1) is 7.94. The number of nitrogens with one attached hydrogen (secondary N) is 2. The third-order valence-corrected chi connectivity index (χ3v) is 3.70. The van der Waals surface area contributed by atoms with Crippen LogP contribution in [-0.2, 0) is 4.79 Å². The van der Waals surface area contributed by atoms with Gasteiger partial charge < -0.3 is 15.5 Å². The van der Waals surface area contributed by atoms with Gasteiger partial charge in [-0.2, -0.15) is 0 Å². The molecular formula is C13H27N3O. The number of likely N-dealkylation sites (N-methyl/N-ethyl adjacent to an activating group) is 1. The number of nitrogens with zero attached hydrogens (tertiary/aromatic N) is 1. The Hall–Kier alpha value is -0.610. The Labute approximate surface area is 105 Å². The van der Waals surface area contributed by atoms with Crippen molar-refractivity contribution in [2.45, 2.75) is 51.6 Å². The van der Waals surface area contributed by atoms with Crippen LogP contribution < -0.4 is 10.6 Å². The maximum absolute atomic E-state index is 11.7. The Morgan fingerprint density at radius 1 is 1.47 bits per heavy atom. The highest BCUT2D eigenvalue weighted by molar-refractivity contribution is 5.78. The van der Waals surface area contributed by atoms with E-state index in [9.17, 15) is 4.79 Å². The molecule has 1 aliphatic heterocycles. The molecule has 0 saturated carbocycles. The molecule has 0 aliphatic carbocycles. The lowest BCUT2D eigenvalue weighted by Gasteiger charge is -2.25. The lowest BCUT2D eigenvalue weighted by Crippen LogP contribution is -2.47.